The van der Waals surface area contributed by atoms with Gasteiger partial charge in [-0.1, -0.05) is 6.07 Å². The average Bonchev–Trinajstić information content (AvgIpc) is 2.93. The number of halogens is 1. The molecule has 0 bridgehead atoms. The van der Waals surface area contributed by atoms with Crippen molar-refractivity contribution in [3.8, 4) is 11.3 Å². The molecule has 0 saturated carbocycles. The van der Waals surface area contributed by atoms with Crippen molar-refractivity contribution in [2.75, 3.05) is 0 Å². The van der Waals surface area contributed by atoms with Gasteiger partial charge >= 0.3 is 0 Å². The van der Waals surface area contributed by atoms with E-state index in [0.717, 1.165) is 33.2 Å². The molecule has 0 unspecified atom stereocenters. The third-order valence-corrected chi connectivity index (χ3v) is 4.21. The van der Waals surface area contributed by atoms with Crippen LogP contribution in [0.1, 0.15) is 6.92 Å². The highest BCUT2D eigenvalue weighted by atomic mass is 79.9. The van der Waals surface area contributed by atoms with Crippen molar-refractivity contribution < 1.29 is 0 Å². The summed E-state index contributed by atoms with van der Waals surface area (Å²) >= 11 is 4.97. The molecule has 1 aromatic carbocycles. The van der Waals surface area contributed by atoms with Crippen LogP contribution in [0, 0.1) is 0 Å². The normalized spacial score (nSPS) is 11.2. The van der Waals surface area contributed by atoms with E-state index < -0.39 is 0 Å². The Labute approximate surface area is 111 Å². The Hall–Kier alpha value is -1.20. The van der Waals surface area contributed by atoms with Crippen molar-refractivity contribution >= 4 is 38.4 Å². The van der Waals surface area contributed by atoms with E-state index in [0.29, 0.717) is 0 Å². The summed E-state index contributed by atoms with van der Waals surface area (Å²) < 4.78 is 7.38. The molecule has 3 aromatic rings. The second kappa shape index (κ2) is 4.23. The van der Waals surface area contributed by atoms with Crippen LogP contribution in [-0.4, -0.2) is 14.2 Å². The van der Waals surface area contributed by atoms with Crippen molar-refractivity contribution in [2.24, 2.45) is 0 Å². The van der Waals surface area contributed by atoms with Crippen LogP contribution in [-0.2, 0) is 6.54 Å². The van der Waals surface area contributed by atoms with Crippen LogP contribution in [0.4, 0.5) is 0 Å². The van der Waals surface area contributed by atoms with Crippen LogP contribution in [0.25, 0.3) is 22.2 Å². The molecule has 17 heavy (non-hydrogen) atoms. The Morgan fingerprint density at radius 3 is 3.00 bits per heavy atom. The van der Waals surface area contributed by atoms with Gasteiger partial charge in [0, 0.05) is 29.1 Å². The summed E-state index contributed by atoms with van der Waals surface area (Å²) in [5.74, 6) is 0. The number of nitrogens with zero attached hydrogens (tertiary/aromatic N) is 3. The smallest absolute Gasteiger partial charge is 0.0982 e. The summed E-state index contributed by atoms with van der Waals surface area (Å²) in [7, 11) is 0. The first kappa shape index (κ1) is 10.9. The Morgan fingerprint density at radius 1 is 1.41 bits per heavy atom. The molecule has 3 nitrogen and oxygen atoms in total. The highest BCUT2D eigenvalue weighted by Crippen LogP contribution is 2.30. The average molecular weight is 308 g/mol. The number of hydrogen-bond donors (Lipinski definition) is 0. The molecule has 0 aliphatic heterocycles. The lowest BCUT2D eigenvalue weighted by Crippen LogP contribution is -1.92. The maximum atomic E-state index is 4.46. The second-order valence-corrected chi connectivity index (χ2v) is 5.25. The molecule has 0 amide bonds. The van der Waals surface area contributed by atoms with Crippen molar-refractivity contribution in [3.05, 3.63) is 34.2 Å². The predicted octanol–water partition coefficient (Wildman–Crippen LogP) is 3.94. The van der Waals surface area contributed by atoms with E-state index in [1.54, 1.807) is 0 Å². The van der Waals surface area contributed by atoms with Gasteiger partial charge in [0.05, 0.1) is 15.7 Å². The number of rotatable bonds is 2. The summed E-state index contributed by atoms with van der Waals surface area (Å²) in [5, 5.41) is 7.61. The van der Waals surface area contributed by atoms with Crippen LogP contribution in [0.5, 0.6) is 0 Å². The van der Waals surface area contributed by atoms with Gasteiger partial charge < -0.3 is 0 Å². The van der Waals surface area contributed by atoms with Crippen LogP contribution >= 0.6 is 27.5 Å². The maximum Gasteiger partial charge on any atom is 0.0982 e. The molecule has 0 aliphatic rings. The molecule has 0 N–H and O–H groups in total. The number of benzene rings is 1. The topological polar surface area (TPSA) is 30.7 Å². The van der Waals surface area contributed by atoms with Gasteiger partial charge in [-0.3, -0.25) is 4.68 Å². The van der Waals surface area contributed by atoms with Crippen LogP contribution in [0.2, 0.25) is 0 Å². The molecule has 5 heteroatoms. The first-order valence-corrected chi connectivity index (χ1v) is 6.98. The SMILES string of the molecule is CCn1cc2cc(-c3nscc3Br)ccc2n1. The Balaban J connectivity index is 2.16. The molecule has 0 spiro atoms. The fourth-order valence-electron chi connectivity index (χ4n) is 1.80. The summed E-state index contributed by atoms with van der Waals surface area (Å²) in [6.45, 7) is 2.98. The first-order chi connectivity index (χ1) is 8.28. The van der Waals surface area contributed by atoms with Crippen LogP contribution < -0.4 is 0 Å². The minimum absolute atomic E-state index is 0.893. The van der Waals surface area contributed by atoms with Gasteiger partial charge in [-0.25, -0.2) is 0 Å². The zero-order valence-corrected chi connectivity index (χ0v) is 11.6. The lowest BCUT2D eigenvalue weighted by atomic mass is 10.1. The molecule has 0 fully saturated rings. The molecule has 2 aromatic heterocycles. The third kappa shape index (κ3) is 1.89. The fourth-order valence-corrected chi connectivity index (χ4v) is 3.05. The van der Waals surface area contributed by atoms with Crippen LogP contribution in [0.3, 0.4) is 0 Å². The molecule has 0 radical (unpaired) electrons. The van der Waals surface area contributed by atoms with Crippen molar-refractivity contribution in [3.63, 3.8) is 0 Å². The number of aromatic nitrogens is 3. The van der Waals surface area contributed by atoms with Gasteiger partial charge in [-0.2, -0.15) is 9.47 Å². The molecular formula is C12H10BrN3S. The van der Waals surface area contributed by atoms with Gasteiger partial charge in [0.15, 0.2) is 0 Å². The monoisotopic (exact) mass is 307 g/mol. The molecule has 2 heterocycles. The Bertz CT molecular complexity index is 671. The van der Waals surface area contributed by atoms with Crippen molar-refractivity contribution in [1.29, 1.82) is 0 Å². The Morgan fingerprint density at radius 2 is 2.29 bits per heavy atom. The zero-order valence-electron chi connectivity index (χ0n) is 9.22. The summed E-state index contributed by atoms with van der Waals surface area (Å²) in [6.07, 6.45) is 2.07. The van der Waals surface area contributed by atoms with Gasteiger partial charge in [0.1, 0.15) is 0 Å². The van der Waals surface area contributed by atoms with E-state index in [9.17, 15) is 0 Å². The highest BCUT2D eigenvalue weighted by molar-refractivity contribution is 9.10. The van der Waals surface area contributed by atoms with Gasteiger partial charge in [-0.15, -0.1) is 0 Å². The van der Waals surface area contributed by atoms with E-state index in [-0.39, 0.29) is 0 Å². The first-order valence-electron chi connectivity index (χ1n) is 5.35. The number of aryl methyl sites for hydroxylation is 1. The zero-order chi connectivity index (χ0) is 11.8. The van der Waals surface area contributed by atoms with Gasteiger partial charge in [0.2, 0.25) is 0 Å². The predicted molar refractivity (Wildman–Crippen MR) is 74.2 cm³/mol. The summed E-state index contributed by atoms with van der Waals surface area (Å²) in [5.41, 5.74) is 3.16. The van der Waals surface area contributed by atoms with E-state index in [1.165, 1.54) is 11.5 Å². The second-order valence-electron chi connectivity index (χ2n) is 3.77. The number of hydrogen-bond acceptors (Lipinski definition) is 3. The largest absolute Gasteiger partial charge is 0.272 e. The minimum atomic E-state index is 0.893. The van der Waals surface area contributed by atoms with E-state index in [2.05, 4.69) is 50.7 Å². The van der Waals surface area contributed by atoms with Crippen LogP contribution in [0.15, 0.2) is 34.2 Å². The highest BCUT2D eigenvalue weighted by Gasteiger charge is 2.08. The van der Waals surface area contributed by atoms with Crippen molar-refractivity contribution in [2.45, 2.75) is 13.5 Å². The fraction of sp³-hybridized carbons (Fsp3) is 0.167. The van der Waals surface area contributed by atoms with Crippen molar-refractivity contribution in [1.82, 2.24) is 14.2 Å². The molecule has 86 valence electrons. The lowest BCUT2D eigenvalue weighted by Gasteiger charge is -1.97. The maximum absolute atomic E-state index is 4.46. The molecule has 0 atom stereocenters. The minimum Gasteiger partial charge on any atom is -0.272 e. The van der Waals surface area contributed by atoms with E-state index >= 15 is 0 Å². The molecule has 0 aliphatic carbocycles. The molecule has 3 rings (SSSR count). The van der Waals surface area contributed by atoms with E-state index in [1.807, 2.05) is 16.1 Å². The summed E-state index contributed by atoms with van der Waals surface area (Å²) in [6, 6.07) is 6.24. The third-order valence-electron chi connectivity index (χ3n) is 2.68. The quantitative estimate of drug-likeness (QED) is 0.718. The van der Waals surface area contributed by atoms with Gasteiger partial charge in [0.25, 0.3) is 0 Å². The molecule has 0 saturated heterocycles. The van der Waals surface area contributed by atoms with Gasteiger partial charge in [-0.05, 0) is 46.5 Å². The summed E-state index contributed by atoms with van der Waals surface area (Å²) in [4.78, 5) is 0. The standard InChI is InChI=1S/C12H10BrN3S/c1-2-16-6-9-5-8(3-4-11(9)14-16)12-10(13)7-17-15-12/h3-7H,2H2,1H3. The Kier molecular flexibility index (Phi) is 2.72. The van der Waals surface area contributed by atoms with E-state index in [4.69, 9.17) is 0 Å². The molecular weight excluding hydrogens is 298 g/mol. The number of fused-ring (bicyclic) bond motifs is 1. The lowest BCUT2D eigenvalue weighted by molar-refractivity contribution is 0.668.